The molecule has 0 radical (unpaired) electrons. The van der Waals surface area contributed by atoms with Gasteiger partial charge in [0.15, 0.2) is 0 Å². The Morgan fingerprint density at radius 3 is 2.31 bits per heavy atom. The predicted octanol–water partition coefficient (Wildman–Crippen LogP) is 4.14. The fourth-order valence-corrected chi connectivity index (χ4v) is 1.49. The van der Waals surface area contributed by atoms with Crippen LogP contribution in [0, 0.1) is 10.8 Å². The van der Waals surface area contributed by atoms with E-state index in [9.17, 15) is 4.91 Å². The zero-order valence-corrected chi connectivity index (χ0v) is 9.25. The highest BCUT2D eigenvalue weighted by Crippen LogP contribution is 2.15. The van der Waals surface area contributed by atoms with Gasteiger partial charge in [-0.1, -0.05) is 51.6 Å². The predicted molar refractivity (Wildman–Crippen MR) is 57.8 cm³/mol. The van der Waals surface area contributed by atoms with Crippen molar-refractivity contribution in [2.45, 2.75) is 65.3 Å². The van der Waals surface area contributed by atoms with Crippen molar-refractivity contribution in [1.82, 2.24) is 0 Å². The van der Waals surface area contributed by atoms with Crippen LogP contribution >= 0.6 is 0 Å². The summed E-state index contributed by atoms with van der Waals surface area (Å²) in [6.07, 6.45) is 6.66. The van der Waals surface area contributed by atoms with Crippen LogP contribution < -0.4 is 0 Å². The molecule has 0 spiro atoms. The van der Waals surface area contributed by atoms with E-state index < -0.39 is 0 Å². The van der Waals surface area contributed by atoms with Crippen molar-refractivity contribution in [3.63, 3.8) is 0 Å². The molecule has 0 saturated heterocycles. The second kappa shape index (κ2) is 8.21. The van der Waals surface area contributed by atoms with Crippen molar-refractivity contribution < 1.29 is 0 Å². The standard InChI is InChI=1S/C11H23NO/c1-4-7-11(12-13)9-6-8-10(3)5-2/h10-11H,4-9H2,1-3H3. The van der Waals surface area contributed by atoms with Crippen molar-refractivity contribution in [2.75, 3.05) is 0 Å². The second-order valence-corrected chi connectivity index (χ2v) is 3.99. The Morgan fingerprint density at radius 2 is 1.85 bits per heavy atom. The molecule has 0 saturated carbocycles. The third kappa shape index (κ3) is 6.73. The molecule has 0 aliphatic rings. The first-order chi connectivity index (χ1) is 6.24. The third-order valence-electron chi connectivity index (χ3n) is 2.70. The number of hydrogen-bond acceptors (Lipinski definition) is 2. The van der Waals surface area contributed by atoms with E-state index >= 15 is 0 Å². The normalized spacial score (nSPS) is 15.3. The van der Waals surface area contributed by atoms with E-state index in [-0.39, 0.29) is 6.04 Å². The summed E-state index contributed by atoms with van der Waals surface area (Å²) in [5.74, 6) is 0.800. The van der Waals surface area contributed by atoms with Gasteiger partial charge < -0.3 is 0 Å². The van der Waals surface area contributed by atoms with Crippen molar-refractivity contribution in [1.29, 1.82) is 0 Å². The first kappa shape index (κ1) is 12.6. The molecule has 0 aliphatic heterocycles. The van der Waals surface area contributed by atoms with Gasteiger partial charge in [-0.15, -0.1) is 0 Å². The average Bonchev–Trinajstić information content (AvgIpc) is 2.16. The van der Waals surface area contributed by atoms with E-state index in [1.165, 1.54) is 12.8 Å². The maximum absolute atomic E-state index is 10.4. The van der Waals surface area contributed by atoms with E-state index in [4.69, 9.17) is 0 Å². The first-order valence-electron chi connectivity index (χ1n) is 5.57. The molecular weight excluding hydrogens is 162 g/mol. The van der Waals surface area contributed by atoms with Crippen LogP contribution in [-0.2, 0) is 0 Å². The fourth-order valence-electron chi connectivity index (χ4n) is 1.49. The summed E-state index contributed by atoms with van der Waals surface area (Å²) in [5.41, 5.74) is 0. The van der Waals surface area contributed by atoms with Gasteiger partial charge in [-0.25, -0.2) is 0 Å². The van der Waals surface area contributed by atoms with Crippen LogP contribution in [0.25, 0.3) is 0 Å². The van der Waals surface area contributed by atoms with Crippen LogP contribution in [0.2, 0.25) is 0 Å². The Morgan fingerprint density at radius 1 is 1.15 bits per heavy atom. The van der Waals surface area contributed by atoms with Crippen LogP contribution in [0.3, 0.4) is 0 Å². The zero-order chi connectivity index (χ0) is 10.1. The minimum Gasteiger partial charge on any atom is -0.151 e. The number of nitrogens with zero attached hydrogens (tertiary/aromatic N) is 1. The lowest BCUT2D eigenvalue weighted by atomic mass is 9.98. The summed E-state index contributed by atoms with van der Waals surface area (Å²) in [6, 6.07) is 0.0778. The summed E-state index contributed by atoms with van der Waals surface area (Å²) in [7, 11) is 0. The van der Waals surface area contributed by atoms with Crippen LogP contribution in [0.4, 0.5) is 0 Å². The van der Waals surface area contributed by atoms with Crippen LogP contribution in [0.15, 0.2) is 5.18 Å². The SMILES string of the molecule is CCCC(CCCC(C)CC)N=O. The molecule has 13 heavy (non-hydrogen) atoms. The topological polar surface area (TPSA) is 29.4 Å². The van der Waals surface area contributed by atoms with Crippen molar-refractivity contribution in [3.8, 4) is 0 Å². The highest BCUT2D eigenvalue weighted by atomic mass is 16.3. The van der Waals surface area contributed by atoms with E-state index in [1.54, 1.807) is 0 Å². The van der Waals surface area contributed by atoms with Gasteiger partial charge in [-0.05, 0) is 18.8 Å². The summed E-state index contributed by atoms with van der Waals surface area (Å²) >= 11 is 0. The summed E-state index contributed by atoms with van der Waals surface area (Å²) in [6.45, 7) is 6.59. The monoisotopic (exact) mass is 185 g/mol. The molecule has 0 aromatic heterocycles. The van der Waals surface area contributed by atoms with Crippen molar-refractivity contribution in [3.05, 3.63) is 4.91 Å². The first-order valence-corrected chi connectivity index (χ1v) is 5.57. The molecule has 0 amide bonds. The summed E-state index contributed by atoms with van der Waals surface area (Å²) < 4.78 is 0. The molecule has 0 heterocycles. The van der Waals surface area contributed by atoms with Crippen molar-refractivity contribution in [2.24, 2.45) is 11.1 Å². The van der Waals surface area contributed by atoms with E-state index in [0.29, 0.717) is 0 Å². The number of nitroso groups, excluding NO2 is 1. The molecule has 2 unspecified atom stereocenters. The maximum atomic E-state index is 10.4. The molecule has 2 heteroatoms. The van der Waals surface area contributed by atoms with Gasteiger partial charge >= 0.3 is 0 Å². The van der Waals surface area contributed by atoms with Gasteiger partial charge in [0.05, 0.1) is 6.04 Å². The molecular formula is C11H23NO. The number of hydrogen-bond donors (Lipinski definition) is 0. The molecule has 0 aromatic carbocycles. The molecule has 2 nitrogen and oxygen atoms in total. The maximum Gasteiger partial charge on any atom is 0.0919 e. The molecule has 2 atom stereocenters. The molecule has 0 fully saturated rings. The Labute approximate surface area is 82.1 Å². The quantitative estimate of drug-likeness (QED) is 0.522. The zero-order valence-electron chi connectivity index (χ0n) is 9.25. The summed E-state index contributed by atoms with van der Waals surface area (Å²) in [5, 5.41) is 3.15. The van der Waals surface area contributed by atoms with E-state index in [0.717, 1.165) is 31.6 Å². The Bertz CT molecular complexity index is 125. The van der Waals surface area contributed by atoms with Gasteiger partial charge in [0.2, 0.25) is 0 Å². The van der Waals surface area contributed by atoms with Gasteiger partial charge in [-0.2, -0.15) is 4.91 Å². The molecule has 0 bridgehead atoms. The van der Waals surface area contributed by atoms with Crippen LogP contribution in [-0.4, -0.2) is 6.04 Å². The van der Waals surface area contributed by atoms with Crippen LogP contribution in [0.5, 0.6) is 0 Å². The molecule has 78 valence electrons. The van der Waals surface area contributed by atoms with Gasteiger partial charge in [-0.3, -0.25) is 0 Å². The molecule has 0 aromatic rings. The Hall–Kier alpha value is -0.400. The summed E-state index contributed by atoms with van der Waals surface area (Å²) in [4.78, 5) is 10.4. The number of rotatable bonds is 8. The smallest absolute Gasteiger partial charge is 0.0919 e. The van der Waals surface area contributed by atoms with Crippen LogP contribution in [0.1, 0.15) is 59.3 Å². The molecule has 0 rings (SSSR count). The third-order valence-corrected chi connectivity index (χ3v) is 2.70. The second-order valence-electron chi connectivity index (χ2n) is 3.99. The van der Waals surface area contributed by atoms with E-state index in [1.807, 2.05) is 0 Å². The van der Waals surface area contributed by atoms with Crippen molar-refractivity contribution >= 4 is 0 Å². The Balaban J connectivity index is 3.42. The highest BCUT2D eigenvalue weighted by Gasteiger charge is 2.07. The average molecular weight is 185 g/mol. The van der Waals surface area contributed by atoms with Gasteiger partial charge in [0.25, 0.3) is 0 Å². The lowest BCUT2D eigenvalue weighted by Crippen LogP contribution is -2.03. The largest absolute Gasteiger partial charge is 0.151 e. The van der Waals surface area contributed by atoms with Gasteiger partial charge in [0.1, 0.15) is 0 Å². The lowest BCUT2D eigenvalue weighted by Gasteiger charge is -2.10. The fraction of sp³-hybridized carbons (Fsp3) is 1.00. The van der Waals surface area contributed by atoms with Gasteiger partial charge in [0, 0.05) is 0 Å². The minimum atomic E-state index is 0.0778. The lowest BCUT2D eigenvalue weighted by molar-refractivity contribution is 0.450. The highest BCUT2D eigenvalue weighted by molar-refractivity contribution is 4.65. The van der Waals surface area contributed by atoms with E-state index in [2.05, 4.69) is 25.9 Å². The Kier molecular flexibility index (Phi) is 7.96. The molecule has 0 aliphatic carbocycles. The molecule has 0 N–H and O–H groups in total. The minimum absolute atomic E-state index is 0.0778.